The normalized spacial score (nSPS) is 10.7. The summed E-state index contributed by atoms with van der Waals surface area (Å²) >= 11 is 0. The highest BCUT2D eigenvalue weighted by Gasteiger charge is 2.17. The summed E-state index contributed by atoms with van der Waals surface area (Å²) in [5.41, 5.74) is 3.64. The molecule has 0 aliphatic rings. The maximum atomic E-state index is 5.60. The molecule has 0 amide bonds. The number of hydrogen-bond acceptors (Lipinski definition) is 6. The maximum Gasteiger partial charge on any atom is 0.127 e. The zero-order chi connectivity index (χ0) is 17.9. The van der Waals surface area contributed by atoms with Gasteiger partial charge in [0.2, 0.25) is 0 Å². The molecule has 128 valence electrons. The Bertz CT molecular complexity index is 967. The van der Waals surface area contributed by atoms with Crippen LogP contribution in [0.4, 0.5) is 0 Å². The van der Waals surface area contributed by atoms with Gasteiger partial charge in [-0.25, -0.2) is 19.9 Å². The van der Waals surface area contributed by atoms with Crippen molar-refractivity contribution >= 4 is 10.8 Å². The quantitative estimate of drug-likeness (QED) is 0.561. The van der Waals surface area contributed by atoms with Gasteiger partial charge >= 0.3 is 0 Å². The number of fused-ring (bicyclic) bond motifs is 1. The highest BCUT2D eigenvalue weighted by atomic mass is 16.5. The van der Waals surface area contributed by atoms with Gasteiger partial charge in [-0.1, -0.05) is 0 Å². The van der Waals surface area contributed by atoms with Gasteiger partial charge in [-0.3, -0.25) is 0 Å². The van der Waals surface area contributed by atoms with Gasteiger partial charge in [0.1, 0.15) is 24.2 Å². The molecule has 0 saturated heterocycles. The summed E-state index contributed by atoms with van der Waals surface area (Å²) in [4.78, 5) is 16.6. The fourth-order valence-corrected chi connectivity index (χ4v) is 3.16. The van der Waals surface area contributed by atoms with Crippen LogP contribution in [0.5, 0.6) is 11.5 Å². The van der Waals surface area contributed by atoms with E-state index in [0.29, 0.717) is 0 Å². The predicted molar refractivity (Wildman–Crippen MR) is 99.1 cm³/mol. The average Bonchev–Trinajstić information content (AvgIpc) is 2.73. The Kier molecular flexibility index (Phi) is 4.15. The van der Waals surface area contributed by atoms with Gasteiger partial charge < -0.3 is 9.47 Å². The predicted octanol–water partition coefficient (Wildman–Crippen LogP) is 3.77. The largest absolute Gasteiger partial charge is 0.496 e. The van der Waals surface area contributed by atoms with E-state index in [2.05, 4.69) is 19.9 Å². The SMILES string of the molecule is COc1ccc2c(-c3cncnc3)c(OC)ccc2c1-c1cncnc1. The van der Waals surface area contributed by atoms with E-state index in [9.17, 15) is 0 Å². The molecule has 6 nitrogen and oxygen atoms in total. The van der Waals surface area contributed by atoms with Crippen molar-refractivity contribution in [1.29, 1.82) is 0 Å². The Balaban J connectivity index is 2.10. The molecule has 2 aromatic heterocycles. The monoisotopic (exact) mass is 344 g/mol. The van der Waals surface area contributed by atoms with Crippen LogP contribution in [0, 0.1) is 0 Å². The molecule has 6 heteroatoms. The van der Waals surface area contributed by atoms with Gasteiger partial charge in [0, 0.05) is 47.0 Å². The second kappa shape index (κ2) is 6.76. The fraction of sp³-hybridized carbons (Fsp3) is 0.100. The topological polar surface area (TPSA) is 70.0 Å². The zero-order valence-electron chi connectivity index (χ0n) is 14.4. The Morgan fingerprint density at radius 3 is 1.31 bits per heavy atom. The molecule has 0 aliphatic heterocycles. The van der Waals surface area contributed by atoms with Crippen molar-refractivity contribution in [1.82, 2.24) is 19.9 Å². The molecule has 0 fully saturated rings. The molecular weight excluding hydrogens is 328 g/mol. The Labute approximate surface area is 150 Å². The molecule has 0 atom stereocenters. The third-order valence-electron chi connectivity index (χ3n) is 4.26. The van der Waals surface area contributed by atoms with Crippen molar-refractivity contribution in [2.75, 3.05) is 14.2 Å². The highest BCUT2D eigenvalue weighted by Crippen LogP contribution is 2.43. The van der Waals surface area contributed by atoms with Gasteiger partial charge in [-0.05, 0) is 35.0 Å². The Morgan fingerprint density at radius 2 is 0.962 bits per heavy atom. The van der Waals surface area contributed by atoms with Gasteiger partial charge in [0.25, 0.3) is 0 Å². The van der Waals surface area contributed by atoms with E-state index in [1.807, 2.05) is 24.3 Å². The van der Waals surface area contributed by atoms with Crippen LogP contribution >= 0.6 is 0 Å². The van der Waals surface area contributed by atoms with Crippen LogP contribution in [-0.4, -0.2) is 34.2 Å². The summed E-state index contributed by atoms with van der Waals surface area (Å²) in [5, 5.41) is 2.03. The van der Waals surface area contributed by atoms with Crippen LogP contribution < -0.4 is 9.47 Å². The molecule has 2 heterocycles. The molecule has 0 radical (unpaired) electrons. The standard InChI is InChI=1S/C20H16N4O2/c1-25-17-5-3-16-15(19(17)13-7-21-11-22-8-13)4-6-18(26-2)20(16)14-9-23-12-24-10-14/h3-12H,1-2H3. The number of aromatic nitrogens is 4. The zero-order valence-corrected chi connectivity index (χ0v) is 14.4. The second-order valence-electron chi connectivity index (χ2n) is 5.64. The number of rotatable bonds is 4. The lowest BCUT2D eigenvalue weighted by Crippen LogP contribution is -1.95. The summed E-state index contributed by atoms with van der Waals surface area (Å²) in [6.07, 6.45) is 10.1. The van der Waals surface area contributed by atoms with E-state index in [1.165, 1.54) is 12.7 Å². The molecule has 0 bridgehead atoms. The first-order chi connectivity index (χ1) is 12.8. The minimum Gasteiger partial charge on any atom is -0.496 e. The molecule has 4 aromatic rings. The number of methoxy groups -OCH3 is 2. The van der Waals surface area contributed by atoms with Crippen molar-refractivity contribution in [2.45, 2.75) is 0 Å². The van der Waals surface area contributed by atoms with Crippen molar-refractivity contribution < 1.29 is 9.47 Å². The fourth-order valence-electron chi connectivity index (χ4n) is 3.16. The lowest BCUT2D eigenvalue weighted by Gasteiger charge is -2.16. The van der Waals surface area contributed by atoms with E-state index in [1.54, 1.807) is 39.0 Å². The smallest absolute Gasteiger partial charge is 0.127 e. The van der Waals surface area contributed by atoms with Crippen molar-refractivity contribution in [3.05, 3.63) is 61.7 Å². The number of hydrogen-bond donors (Lipinski definition) is 0. The molecule has 2 aromatic carbocycles. The first-order valence-corrected chi connectivity index (χ1v) is 8.02. The van der Waals surface area contributed by atoms with E-state index in [-0.39, 0.29) is 0 Å². The molecule has 0 spiro atoms. The first-order valence-electron chi connectivity index (χ1n) is 8.02. The number of nitrogens with zero attached hydrogens (tertiary/aromatic N) is 4. The average molecular weight is 344 g/mol. The molecule has 4 rings (SSSR count). The van der Waals surface area contributed by atoms with Gasteiger partial charge in [0.05, 0.1) is 14.2 Å². The molecule has 0 N–H and O–H groups in total. The second-order valence-corrected chi connectivity index (χ2v) is 5.64. The van der Waals surface area contributed by atoms with Gasteiger partial charge in [-0.2, -0.15) is 0 Å². The molecule has 0 saturated carbocycles. The van der Waals surface area contributed by atoms with Gasteiger partial charge in [-0.15, -0.1) is 0 Å². The first kappa shape index (κ1) is 16.0. The van der Waals surface area contributed by atoms with Crippen molar-refractivity contribution in [3.8, 4) is 33.8 Å². The van der Waals surface area contributed by atoms with E-state index < -0.39 is 0 Å². The van der Waals surface area contributed by atoms with E-state index >= 15 is 0 Å². The summed E-state index contributed by atoms with van der Waals surface area (Å²) in [6.45, 7) is 0. The number of benzene rings is 2. The highest BCUT2D eigenvalue weighted by molar-refractivity contribution is 6.07. The lowest BCUT2D eigenvalue weighted by molar-refractivity contribution is 0.416. The van der Waals surface area contributed by atoms with Crippen LogP contribution in [0.2, 0.25) is 0 Å². The maximum absolute atomic E-state index is 5.60. The third-order valence-corrected chi connectivity index (χ3v) is 4.26. The third kappa shape index (κ3) is 2.61. The van der Waals surface area contributed by atoms with Crippen LogP contribution in [0.25, 0.3) is 33.0 Å². The molecule has 0 unspecified atom stereocenters. The van der Waals surface area contributed by atoms with Crippen LogP contribution in [0.3, 0.4) is 0 Å². The summed E-state index contributed by atoms with van der Waals surface area (Å²) in [7, 11) is 3.31. The van der Waals surface area contributed by atoms with Crippen LogP contribution in [0.1, 0.15) is 0 Å². The van der Waals surface area contributed by atoms with Gasteiger partial charge in [0.15, 0.2) is 0 Å². The number of ether oxygens (including phenoxy) is 2. The van der Waals surface area contributed by atoms with Crippen molar-refractivity contribution in [3.63, 3.8) is 0 Å². The summed E-state index contributed by atoms with van der Waals surface area (Å²) in [5.74, 6) is 1.51. The van der Waals surface area contributed by atoms with E-state index in [4.69, 9.17) is 9.47 Å². The minimum absolute atomic E-state index is 0.757. The Hall–Kier alpha value is -3.54. The summed E-state index contributed by atoms with van der Waals surface area (Å²) < 4.78 is 11.2. The van der Waals surface area contributed by atoms with Crippen LogP contribution in [0.15, 0.2) is 61.7 Å². The minimum atomic E-state index is 0.757. The molecule has 0 aliphatic carbocycles. The van der Waals surface area contributed by atoms with Crippen molar-refractivity contribution in [2.24, 2.45) is 0 Å². The summed E-state index contributed by atoms with van der Waals surface area (Å²) in [6, 6.07) is 7.92. The van der Waals surface area contributed by atoms with E-state index in [0.717, 1.165) is 44.5 Å². The van der Waals surface area contributed by atoms with Crippen LogP contribution in [-0.2, 0) is 0 Å². The molecular formula is C20H16N4O2. The molecule has 26 heavy (non-hydrogen) atoms. The lowest BCUT2D eigenvalue weighted by atomic mass is 9.93. The Morgan fingerprint density at radius 1 is 0.577 bits per heavy atom.